The Hall–Kier alpha value is -2.66. The number of hydrogen-bond acceptors (Lipinski definition) is 4. The van der Waals surface area contributed by atoms with E-state index in [-0.39, 0.29) is 11.5 Å². The van der Waals surface area contributed by atoms with Crippen molar-refractivity contribution in [3.05, 3.63) is 81.3 Å². The smallest absolute Gasteiger partial charge is 0.347 e. The number of aryl methyl sites for hydroxylation is 1. The monoisotopic (exact) mass is 353 g/mol. The van der Waals surface area contributed by atoms with E-state index in [0.717, 1.165) is 17.7 Å². The van der Waals surface area contributed by atoms with E-state index in [1.807, 2.05) is 54.6 Å². The predicted molar refractivity (Wildman–Crippen MR) is 98.5 cm³/mol. The van der Waals surface area contributed by atoms with Crippen LogP contribution in [0.25, 0.3) is 0 Å². The Morgan fingerprint density at radius 3 is 2.44 bits per heavy atom. The van der Waals surface area contributed by atoms with Crippen molar-refractivity contribution in [1.82, 2.24) is 4.98 Å². The zero-order valence-corrected chi connectivity index (χ0v) is 14.8. The summed E-state index contributed by atoms with van der Waals surface area (Å²) in [4.78, 5) is 16.3. The highest BCUT2D eigenvalue weighted by Gasteiger charge is 2.18. The van der Waals surface area contributed by atoms with Crippen molar-refractivity contribution in [1.29, 1.82) is 0 Å². The van der Waals surface area contributed by atoms with Gasteiger partial charge in [0.15, 0.2) is 0 Å². The number of ether oxygens (including phenoxy) is 1. The third kappa shape index (κ3) is 4.45. The molecule has 1 N–H and O–H groups in total. The van der Waals surface area contributed by atoms with Crippen LogP contribution in [0.3, 0.4) is 0 Å². The van der Waals surface area contributed by atoms with Gasteiger partial charge in [0.1, 0.15) is 22.2 Å². The lowest BCUT2D eigenvalue weighted by atomic mass is 10.1. The second-order valence-electron chi connectivity index (χ2n) is 5.64. The molecule has 3 aromatic rings. The fraction of sp³-hybridized carbons (Fsp3) is 0.200. The molecule has 128 valence electrons. The van der Waals surface area contributed by atoms with Crippen molar-refractivity contribution >= 4 is 17.3 Å². The number of carbonyl (C=O) groups is 1. The van der Waals surface area contributed by atoms with Gasteiger partial charge in [-0.1, -0.05) is 49.4 Å². The van der Waals surface area contributed by atoms with Gasteiger partial charge in [-0.25, -0.2) is 9.78 Å². The SMILES string of the molecule is CCc1ccc(OCc2nc(Cc3ccccc3)c(C(=O)O)s2)cc1. The number of carboxylic acids is 1. The van der Waals surface area contributed by atoms with Crippen molar-refractivity contribution in [2.75, 3.05) is 0 Å². The zero-order valence-electron chi connectivity index (χ0n) is 13.9. The Morgan fingerprint density at radius 1 is 1.08 bits per heavy atom. The average molecular weight is 353 g/mol. The fourth-order valence-electron chi connectivity index (χ4n) is 2.51. The first-order valence-electron chi connectivity index (χ1n) is 8.13. The van der Waals surface area contributed by atoms with Crippen LogP contribution in [0.15, 0.2) is 54.6 Å². The summed E-state index contributed by atoms with van der Waals surface area (Å²) in [6.07, 6.45) is 1.49. The van der Waals surface area contributed by atoms with E-state index in [9.17, 15) is 9.90 Å². The number of aromatic carboxylic acids is 1. The Labute approximate surface area is 150 Å². The van der Waals surface area contributed by atoms with Crippen LogP contribution in [0.2, 0.25) is 0 Å². The fourth-order valence-corrected chi connectivity index (χ4v) is 3.34. The minimum Gasteiger partial charge on any atom is -0.486 e. The highest BCUT2D eigenvalue weighted by Crippen LogP contribution is 2.23. The molecule has 0 atom stereocenters. The highest BCUT2D eigenvalue weighted by molar-refractivity contribution is 7.13. The quantitative estimate of drug-likeness (QED) is 0.676. The summed E-state index contributed by atoms with van der Waals surface area (Å²) >= 11 is 1.18. The molecule has 0 amide bonds. The van der Waals surface area contributed by atoms with Crippen LogP contribution in [0, 0.1) is 0 Å². The summed E-state index contributed by atoms with van der Waals surface area (Å²) in [5.74, 6) is -0.184. The summed E-state index contributed by atoms with van der Waals surface area (Å²) < 4.78 is 5.74. The van der Waals surface area contributed by atoms with Gasteiger partial charge in [-0.3, -0.25) is 0 Å². The number of aromatic nitrogens is 1. The molecule has 0 saturated carbocycles. The lowest BCUT2D eigenvalue weighted by Gasteiger charge is -2.04. The molecule has 0 saturated heterocycles. The minimum atomic E-state index is -0.943. The topological polar surface area (TPSA) is 59.4 Å². The molecule has 1 aromatic heterocycles. The second-order valence-corrected chi connectivity index (χ2v) is 6.72. The maximum Gasteiger partial charge on any atom is 0.347 e. The van der Waals surface area contributed by atoms with E-state index in [4.69, 9.17) is 4.74 Å². The van der Waals surface area contributed by atoms with E-state index >= 15 is 0 Å². The van der Waals surface area contributed by atoms with E-state index in [1.54, 1.807) is 0 Å². The molecule has 0 aliphatic carbocycles. The Morgan fingerprint density at radius 2 is 1.80 bits per heavy atom. The molecule has 4 nitrogen and oxygen atoms in total. The predicted octanol–water partition coefficient (Wildman–Crippen LogP) is 4.57. The Balaban J connectivity index is 1.73. The van der Waals surface area contributed by atoms with Gasteiger partial charge in [-0.2, -0.15) is 0 Å². The van der Waals surface area contributed by atoms with Crippen LogP contribution in [0.4, 0.5) is 0 Å². The van der Waals surface area contributed by atoms with Gasteiger partial charge >= 0.3 is 5.97 Å². The van der Waals surface area contributed by atoms with Gasteiger partial charge in [0.05, 0.1) is 5.69 Å². The molecule has 0 aliphatic rings. The molecule has 0 radical (unpaired) electrons. The van der Waals surface area contributed by atoms with Crippen molar-refractivity contribution in [3.8, 4) is 5.75 Å². The maximum absolute atomic E-state index is 11.5. The van der Waals surface area contributed by atoms with Crippen molar-refractivity contribution in [2.24, 2.45) is 0 Å². The first-order valence-corrected chi connectivity index (χ1v) is 8.95. The second kappa shape index (κ2) is 7.94. The molecule has 25 heavy (non-hydrogen) atoms. The highest BCUT2D eigenvalue weighted by atomic mass is 32.1. The lowest BCUT2D eigenvalue weighted by Crippen LogP contribution is -2.00. The number of nitrogens with zero attached hydrogens (tertiary/aromatic N) is 1. The van der Waals surface area contributed by atoms with E-state index in [0.29, 0.717) is 17.1 Å². The number of hydrogen-bond donors (Lipinski definition) is 1. The number of thiazole rings is 1. The lowest BCUT2D eigenvalue weighted by molar-refractivity contribution is 0.0701. The van der Waals surface area contributed by atoms with Gasteiger partial charge in [0.2, 0.25) is 0 Å². The molecule has 0 fully saturated rings. The molecule has 5 heteroatoms. The summed E-state index contributed by atoms with van der Waals surface area (Å²) in [6, 6.07) is 17.7. The van der Waals surface area contributed by atoms with E-state index in [2.05, 4.69) is 11.9 Å². The minimum absolute atomic E-state index is 0.269. The first kappa shape index (κ1) is 17.2. The summed E-state index contributed by atoms with van der Waals surface area (Å²) in [5, 5.41) is 10.1. The van der Waals surface area contributed by atoms with E-state index in [1.165, 1.54) is 16.9 Å². The standard InChI is InChI=1S/C20H19NO3S/c1-2-14-8-10-16(11-9-14)24-13-18-21-17(19(25-18)20(22)23)12-15-6-4-3-5-7-15/h3-11H,2,12-13H2,1H3,(H,22,23). The van der Waals surface area contributed by atoms with Crippen LogP contribution in [0.1, 0.15) is 38.4 Å². The largest absolute Gasteiger partial charge is 0.486 e. The zero-order chi connectivity index (χ0) is 17.6. The van der Waals surface area contributed by atoms with Crippen LogP contribution >= 0.6 is 11.3 Å². The van der Waals surface area contributed by atoms with Gasteiger partial charge < -0.3 is 9.84 Å². The van der Waals surface area contributed by atoms with Gasteiger partial charge in [0.25, 0.3) is 0 Å². The van der Waals surface area contributed by atoms with Crippen LogP contribution in [0.5, 0.6) is 5.75 Å². The molecule has 0 aliphatic heterocycles. The molecule has 0 bridgehead atoms. The van der Waals surface area contributed by atoms with Crippen molar-refractivity contribution in [3.63, 3.8) is 0 Å². The first-order chi connectivity index (χ1) is 12.2. The average Bonchev–Trinajstić information content (AvgIpc) is 3.04. The van der Waals surface area contributed by atoms with Gasteiger partial charge in [-0.05, 0) is 29.7 Å². The normalized spacial score (nSPS) is 10.6. The van der Waals surface area contributed by atoms with Crippen LogP contribution in [-0.2, 0) is 19.4 Å². The molecular formula is C20H19NO3S. The summed E-state index contributed by atoms with van der Waals surface area (Å²) in [7, 11) is 0. The molecule has 0 unspecified atom stereocenters. The van der Waals surface area contributed by atoms with Gasteiger partial charge in [0, 0.05) is 6.42 Å². The Kier molecular flexibility index (Phi) is 5.46. The third-order valence-corrected chi connectivity index (χ3v) is 4.90. The van der Waals surface area contributed by atoms with Crippen LogP contribution < -0.4 is 4.74 Å². The molecular weight excluding hydrogens is 334 g/mol. The third-order valence-electron chi connectivity index (χ3n) is 3.84. The van der Waals surface area contributed by atoms with Crippen LogP contribution in [-0.4, -0.2) is 16.1 Å². The number of carboxylic acid groups (broad SMARTS) is 1. The molecule has 0 spiro atoms. The summed E-state index contributed by atoms with van der Waals surface area (Å²) in [6.45, 7) is 2.37. The van der Waals surface area contributed by atoms with E-state index < -0.39 is 5.97 Å². The molecule has 2 aromatic carbocycles. The van der Waals surface area contributed by atoms with Crippen molar-refractivity contribution < 1.29 is 14.6 Å². The van der Waals surface area contributed by atoms with Crippen molar-refractivity contribution in [2.45, 2.75) is 26.4 Å². The maximum atomic E-state index is 11.5. The molecule has 3 rings (SSSR count). The number of rotatable bonds is 7. The summed E-state index contributed by atoms with van der Waals surface area (Å²) in [5.41, 5.74) is 2.88. The number of benzene rings is 2. The molecule has 1 heterocycles. The Bertz CT molecular complexity index is 841. The van der Waals surface area contributed by atoms with Gasteiger partial charge in [-0.15, -0.1) is 11.3 Å².